The second-order valence-corrected chi connectivity index (χ2v) is 21.6. The maximum absolute atomic E-state index is 12.7. The predicted molar refractivity (Wildman–Crippen MR) is 263 cm³/mol. The van der Waals surface area contributed by atoms with Crippen molar-refractivity contribution in [2.75, 3.05) is 20.8 Å². The predicted octanol–water partition coefficient (Wildman–Crippen LogP) is 6.98. The van der Waals surface area contributed by atoms with Gasteiger partial charge in [0.1, 0.15) is 42.0 Å². The molecular weight excluding hydrogens is 889 g/mol. The number of ether oxygens (including phenoxy) is 9. The van der Waals surface area contributed by atoms with Gasteiger partial charge in [0.25, 0.3) is 0 Å². The van der Waals surface area contributed by atoms with Crippen LogP contribution in [-0.4, -0.2) is 138 Å². The lowest BCUT2D eigenvalue weighted by Crippen LogP contribution is -2.66. The van der Waals surface area contributed by atoms with E-state index in [1.54, 1.807) is 33.5 Å². The zero-order valence-corrected chi connectivity index (χ0v) is 43.3. The molecular formula is C53H82N2O12S. The molecule has 0 amide bonds. The van der Waals surface area contributed by atoms with E-state index in [4.69, 9.17) is 54.8 Å². The van der Waals surface area contributed by atoms with Crippen molar-refractivity contribution in [3.8, 4) is 0 Å². The van der Waals surface area contributed by atoms with Crippen molar-refractivity contribution in [1.82, 2.24) is 10.6 Å². The normalized spacial score (nSPS) is 46.3. The number of aliphatic hydroxyl groups excluding tert-OH is 2. The summed E-state index contributed by atoms with van der Waals surface area (Å²) >= 11 is 5.61. The maximum atomic E-state index is 12.7. The molecule has 1 aliphatic carbocycles. The highest BCUT2D eigenvalue weighted by atomic mass is 32.1. The molecule has 6 aliphatic heterocycles. The zero-order chi connectivity index (χ0) is 49.3. The molecule has 4 saturated heterocycles. The smallest absolute Gasteiger partial charge is 0.190 e. The lowest BCUT2D eigenvalue weighted by Gasteiger charge is -2.48. The Morgan fingerprint density at radius 2 is 1.78 bits per heavy atom. The van der Waals surface area contributed by atoms with Crippen LogP contribution in [0.1, 0.15) is 114 Å². The van der Waals surface area contributed by atoms with E-state index in [0.717, 1.165) is 18.4 Å². The molecule has 2 bridgehead atoms. The van der Waals surface area contributed by atoms with Gasteiger partial charge in [-0.15, -0.1) is 0 Å². The Labute approximate surface area is 410 Å². The van der Waals surface area contributed by atoms with Gasteiger partial charge in [0.05, 0.1) is 60.8 Å². The van der Waals surface area contributed by atoms with E-state index in [2.05, 4.69) is 63.5 Å². The number of aliphatic hydroxyl groups is 3. The molecule has 0 aromatic heterocycles. The molecule has 68 heavy (non-hydrogen) atoms. The van der Waals surface area contributed by atoms with Gasteiger partial charge in [-0.1, -0.05) is 69.2 Å². The van der Waals surface area contributed by atoms with Gasteiger partial charge in [-0.25, -0.2) is 0 Å². The highest BCUT2D eigenvalue weighted by Gasteiger charge is 2.59. The number of allylic oxidation sites excluding steroid dienone is 3. The van der Waals surface area contributed by atoms with Crippen LogP contribution in [0.15, 0.2) is 71.3 Å². The monoisotopic (exact) mass is 971 g/mol. The quantitative estimate of drug-likeness (QED) is 0.0912. The molecule has 7 rings (SSSR count). The van der Waals surface area contributed by atoms with Gasteiger partial charge in [-0.2, -0.15) is 0 Å². The Hall–Kier alpha value is -2.67. The number of thiocarbonyl (C=S) groups is 1. The first kappa shape index (κ1) is 53.1. The lowest BCUT2D eigenvalue weighted by atomic mass is 9.70. The number of methoxy groups -OCH3 is 2. The van der Waals surface area contributed by atoms with E-state index >= 15 is 0 Å². The van der Waals surface area contributed by atoms with Gasteiger partial charge in [0.2, 0.25) is 0 Å². The van der Waals surface area contributed by atoms with Crippen molar-refractivity contribution < 1.29 is 58.0 Å². The summed E-state index contributed by atoms with van der Waals surface area (Å²) in [6.07, 6.45) is 14.0. The molecule has 0 radical (unpaired) electrons. The lowest BCUT2D eigenvalue weighted by molar-refractivity contribution is -0.311. The summed E-state index contributed by atoms with van der Waals surface area (Å²) in [5.41, 5.74) is 0.00490. The van der Waals surface area contributed by atoms with Crippen LogP contribution in [0.4, 0.5) is 0 Å². The van der Waals surface area contributed by atoms with Crippen LogP contribution in [0.2, 0.25) is 0 Å². The topological polar surface area (TPSA) is 168 Å². The largest absolute Gasteiger partial charge is 0.489 e. The van der Waals surface area contributed by atoms with E-state index in [1.165, 1.54) is 0 Å². The average molecular weight is 971 g/mol. The maximum Gasteiger partial charge on any atom is 0.190 e. The Morgan fingerprint density at radius 3 is 2.49 bits per heavy atom. The molecule has 3 unspecified atom stereocenters. The first-order chi connectivity index (χ1) is 32.2. The summed E-state index contributed by atoms with van der Waals surface area (Å²) in [7, 11) is 3.42. The summed E-state index contributed by atoms with van der Waals surface area (Å²) in [6.45, 7) is 20.8. The standard InChI is InChI=1S/C53H82N2O12S/c1-13-30(4)41-18-15-21-52(67-41)26-38-23-37(66-52)20-19-32(6)45(31(5)16-14-17-36-27-62-48-46(56)33(7)22-40(49(57)65-38)53(36,48)58)42-25-43(59-11)47(34(8)63-42)61-28-39-24-44(60-12)51(10,35(9)64-39)55-50(68)54-29(2)3/h14-17,19,21-22,28-31,34-35,37-38,40-49,56-58H,13,18,20,23-27H2,1-12H3,(H2,54,55,68)/b16-14+,32-19+,36-17+,39-28-/t30?,31-,34-,35-,37+,38-,40-,41-,42?,43-,44-,45-,46+,47-,48+,49?,51-,52+,53+/m0/s1. The summed E-state index contributed by atoms with van der Waals surface area (Å²) in [5, 5.41) is 43.2. The molecule has 7 aliphatic rings. The molecule has 382 valence electrons. The summed E-state index contributed by atoms with van der Waals surface area (Å²) < 4.78 is 58.8. The van der Waals surface area contributed by atoms with Crippen molar-refractivity contribution in [2.24, 2.45) is 23.7 Å². The minimum Gasteiger partial charge on any atom is -0.489 e. The SMILES string of the molecule is CCC(C)[C@@H]1CC=C[C@]2(C[C@@H]3C[C@@H](C/C=C(\C)[C@@H](C4C[C@H](OC)[C@@H](O/C=C5/C[C@H](OC)[C@@](C)(NC(=S)NC(C)C)[C@H](C)O5)[C@H](C)O4)[C@@H](C)/C=C/C=C4\CO[C@@H]5[C@H](O)C(C)=C[C@@H](C(O)O3)[C@]45O)O2)O1. The number of hydrogen-bond acceptors (Lipinski definition) is 13. The van der Waals surface area contributed by atoms with Crippen molar-refractivity contribution in [3.63, 3.8) is 0 Å². The Kier molecular flexibility index (Phi) is 17.2. The van der Waals surface area contributed by atoms with Gasteiger partial charge in [-0.3, -0.25) is 0 Å². The van der Waals surface area contributed by atoms with Crippen molar-refractivity contribution in [3.05, 3.63) is 71.3 Å². The fourth-order valence-corrected chi connectivity index (χ4v) is 12.2. The first-order valence-corrected chi connectivity index (χ1v) is 25.6. The van der Waals surface area contributed by atoms with Crippen LogP contribution in [-0.2, 0) is 42.6 Å². The van der Waals surface area contributed by atoms with Crippen LogP contribution >= 0.6 is 12.2 Å². The van der Waals surface area contributed by atoms with E-state index in [1.807, 2.05) is 45.9 Å². The van der Waals surface area contributed by atoms with Crippen LogP contribution in [0.25, 0.3) is 0 Å². The number of nitrogens with one attached hydrogen (secondary N) is 2. The van der Waals surface area contributed by atoms with Crippen LogP contribution in [0.5, 0.6) is 0 Å². The van der Waals surface area contributed by atoms with E-state index < -0.39 is 53.6 Å². The van der Waals surface area contributed by atoms with Gasteiger partial charge in [0.15, 0.2) is 17.2 Å². The van der Waals surface area contributed by atoms with Crippen LogP contribution in [0.3, 0.4) is 0 Å². The number of fused-ring (bicyclic) bond motifs is 2. The van der Waals surface area contributed by atoms with Gasteiger partial charge < -0.3 is 68.6 Å². The average Bonchev–Trinajstić information content (AvgIpc) is 3.62. The Balaban J connectivity index is 1.16. The molecule has 5 N–H and O–H groups in total. The van der Waals surface area contributed by atoms with Crippen LogP contribution in [0, 0.1) is 23.7 Å². The Morgan fingerprint density at radius 1 is 1.01 bits per heavy atom. The number of rotatable bonds is 9. The van der Waals surface area contributed by atoms with Gasteiger partial charge >= 0.3 is 0 Å². The van der Waals surface area contributed by atoms with E-state index in [9.17, 15) is 15.3 Å². The third-order valence-electron chi connectivity index (χ3n) is 16.0. The summed E-state index contributed by atoms with van der Waals surface area (Å²) in [6, 6.07) is 0.183. The van der Waals surface area contributed by atoms with E-state index in [0.29, 0.717) is 60.0 Å². The summed E-state index contributed by atoms with van der Waals surface area (Å²) in [5.74, 6) is -1.09. The van der Waals surface area contributed by atoms with Gasteiger partial charge in [0, 0.05) is 51.9 Å². The second-order valence-electron chi connectivity index (χ2n) is 21.2. The summed E-state index contributed by atoms with van der Waals surface area (Å²) in [4.78, 5) is 0. The molecule has 1 spiro atoms. The second kappa shape index (κ2) is 22.0. The van der Waals surface area contributed by atoms with Crippen molar-refractivity contribution in [2.45, 2.75) is 211 Å². The molecule has 14 nitrogen and oxygen atoms in total. The van der Waals surface area contributed by atoms with Crippen molar-refractivity contribution in [1.29, 1.82) is 0 Å². The molecule has 6 heterocycles. The molecule has 0 aromatic rings. The number of hydrogen-bond donors (Lipinski definition) is 5. The van der Waals surface area contributed by atoms with Crippen LogP contribution < -0.4 is 10.6 Å². The van der Waals surface area contributed by atoms with Gasteiger partial charge in [-0.05, 0) is 103 Å². The molecule has 0 saturated carbocycles. The molecule has 15 heteroatoms. The molecule has 0 aromatic carbocycles. The zero-order valence-electron chi connectivity index (χ0n) is 42.5. The minimum atomic E-state index is -1.72. The highest BCUT2D eigenvalue weighted by molar-refractivity contribution is 7.80. The molecule has 19 atom stereocenters. The molecule has 4 fully saturated rings. The third-order valence-corrected chi connectivity index (χ3v) is 16.3. The van der Waals surface area contributed by atoms with E-state index in [-0.39, 0.29) is 67.2 Å². The fraction of sp³-hybridized carbons (Fsp3) is 0.755. The third kappa shape index (κ3) is 11.0. The minimum absolute atomic E-state index is 0.0319. The van der Waals surface area contributed by atoms with Crippen molar-refractivity contribution >= 4 is 17.3 Å². The highest BCUT2D eigenvalue weighted by Crippen LogP contribution is 2.48. The first-order valence-electron chi connectivity index (χ1n) is 25.2. The Bertz CT molecular complexity index is 1960. The fourth-order valence-electron chi connectivity index (χ4n) is 11.7.